The van der Waals surface area contributed by atoms with Crippen molar-refractivity contribution in [3.63, 3.8) is 0 Å². The van der Waals surface area contributed by atoms with Gasteiger partial charge in [-0.25, -0.2) is 4.79 Å². The summed E-state index contributed by atoms with van der Waals surface area (Å²) in [7, 11) is 0. The first-order valence-corrected chi connectivity index (χ1v) is 6.26. The third-order valence-corrected chi connectivity index (χ3v) is 2.56. The Balaban J connectivity index is 2.64. The summed E-state index contributed by atoms with van der Waals surface area (Å²) in [5.74, 6) is 0. The minimum atomic E-state index is -0.484. The van der Waals surface area contributed by atoms with Crippen LogP contribution in [0.25, 0.3) is 0 Å². The van der Waals surface area contributed by atoms with Crippen LogP contribution in [0.4, 0.5) is 4.79 Å². The van der Waals surface area contributed by atoms with Crippen molar-refractivity contribution in [2.75, 3.05) is 6.54 Å². The lowest BCUT2D eigenvalue weighted by atomic mass is 10.1. The number of nitrogens with two attached hydrogens (primary N) is 1. The van der Waals surface area contributed by atoms with Crippen molar-refractivity contribution in [1.29, 1.82) is 0 Å². The summed E-state index contributed by atoms with van der Waals surface area (Å²) in [4.78, 5) is 13.6. The van der Waals surface area contributed by atoms with Gasteiger partial charge < -0.3 is 15.8 Å². The van der Waals surface area contributed by atoms with E-state index in [9.17, 15) is 4.79 Å². The van der Waals surface area contributed by atoms with Gasteiger partial charge in [0.2, 0.25) is 0 Å². The van der Waals surface area contributed by atoms with E-state index in [4.69, 9.17) is 22.7 Å². The molecule has 1 rings (SSSR count). The van der Waals surface area contributed by atoms with Crippen LogP contribution in [0.3, 0.4) is 0 Å². The van der Waals surface area contributed by atoms with Crippen LogP contribution in [0.5, 0.6) is 0 Å². The summed E-state index contributed by atoms with van der Waals surface area (Å²) in [6.07, 6.45) is 2.42. The third kappa shape index (κ3) is 4.77. The average Bonchev–Trinajstić information content (AvgIpc) is 2.14. The van der Waals surface area contributed by atoms with Crippen molar-refractivity contribution in [3.05, 3.63) is 0 Å². The number of amides is 1. The molecule has 1 amide bonds. The van der Waals surface area contributed by atoms with Gasteiger partial charge in [-0.3, -0.25) is 4.90 Å². The Morgan fingerprint density at radius 3 is 2.65 bits per heavy atom. The van der Waals surface area contributed by atoms with Gasteiger partial charge in [-0.1, -0.05) is 0 Å². The molecule has 3 N–H and O–H groups in total. The van der Waals surface area contributed by atoms with Gasteiger partial charge in [0.05, 0.1) is 0 Å². The second-order valence-electron chi connectivity index (χ2n) is 5.19. The van der Waals surface area contributed by atoms with Crippen LogP contribution in [0.2, 0.25) is 0 Å². The zero-order chi connectivity index (χ0) is 13.1. The normalized spacial score (nSPS) is 20.9. The molecule has 0 saturated carbocycles. The number of nitrogens with zero attached hydrogens (tertiary/aromatic N) is 1. The summed E-state index contributed by atoms with van der Waals surface area (Å²) < 4.78 is 5.35. The highest BCUT2D eigenvalue weighted by Crippen LogP contribution is 2.18. The molecule has 1 unspecified atom stereocenters. The van der Waals surface area contributed by atoms with E-state index < -0.39 is 5.60 Å². The first kappa shape index (κ1) is 14.0. The second kappa shape index (κ2) is 5.53. The van der Waals surface area contributed by atoms with E-state index in [-0.39, 0.29) is 17.4 Å². The molecule has 1 heterocycles. The summed E-state index contributed by atoms with van der Waals surface area (Å²) in [5.41, 5.74) is 4.97. The molecule has 1 aliphatic heterocycles. The largest absolute Gasteiger partial charge is 0.444 e. The number of hydrogen-bond donors (Lipinski definition) is 2. The van der Waals surface area contributed by atoms with Gasteiger partial charge in [0.25, 0.3) is 0 Å². The van der Waals surface area contributed by atoms with E-state index in [0.717, 1.165) is 19.3 Å². The lowest BCUT2D eigenvalue weighted by Crippen LogP contribution is -2.55. The van der Waals surface area contributed by atoms with E-state index in [1.807, 2.05) is 20.8 Å². The minimum absolute atomic E-state index is 0.143. The summed E-state index contributed by atoms with van der Waals surface area (Å²) >= 11 is 4.81. The van der Waals surface area contributed by atoms with E-state index in [1.54, 1.807) is 4.90 Å². The van der Waals surface area contributed by atoms with Crippen molar-refractivity contribution in [3.8, 4) is 0 Å². The first-order chi connectivity index (χ1) is 7.79. The van der Waals surface area contributed by atoms with Gasteiger partial charge in [-0.2, -0.15) is 0 Å². The van der Waals surface area contributed by atoms with Gasteiger partial charge in [-0.15, -0.1) is 0 Å². The Bertz CT molecular complexity index is 302. The molecule has 17 heavy (non-hydrogen) atoms. The zero-order valence-electron chi connectivity index (χ0n) is 10.7. The van der Waals surface area contributed by atoms with E-state index in [1.165, 1.54) is 0 Å². The van der Waals surface area contributed by atoms with E-state index >= 15 is 0 Å². The highest BCUT2D eigenvalue weighted by Gasteiger charge is 2.30. The number of hydrogen-bond acceptors (Lipinski definition) is 3. The second-order valence-corrected chi connectivity index (χ2v) is 5.63. The predicted molar refractivity (Wildman–Crippen MR) is 70.5 cm³/mol. The molecular weight excluding hydrogens is 238 g/mol. The van der Waals surface area contributed by atoms with Crippen LogP contribution < -0.4 is 11.1 Å². The molecule has 1 atom stereocenters. The SMILES string of the molecule is CC(C)(C)OC(=O)N1CCCCC1NC(N)=S. The van der Waals surface area contributed by atoms with E-state index in [0.29, 0.717) is 6.54 Å². The number of carbonyl (C=O) groups is 1. The van der Waals surface area contributed by atoms with Gasteiger partial charge in [0, 0.05) is 6.54 Å². The van der Waals surface area contributed by atoms with Crippen molar-refractivity contribution >= 4 is 23.4 Å². The Morgan fingerprint density at radius 1 is 1.47 bits per heavy atom. The van der Waals surface area contributed by atoms with Crippen LogP contribution in [0, 0.1) is 0 Å². The molecule has 6 heteroatoms. The Kier molecular flexibility index (Phi) is 4.56. The van der Waals surface area contributed by atoms with Crippen LogP contribution in [-0.2, 0) is 4.74 Å². The molecule has 1 aliphatic rings. The Labute approximate surface area is 108 Å². The Hall–Kier alpha value is -1.04. The highest BCUT2D eigenvalue weighted by molar-refractivity contribution is 7.80. The molecular formula is C11H21N3O2S. The van der Waals surface area contributed by atoms with E-state index in [2.05, 4.69) is 5.32 Å². The number of rotatable bonds is 1. The summed E-state index contributed by atoms with van der Waals surface area (Å²) in [6.45, 7) is 6.23. The van der Waals surface area contributed by atoms with Gasteiger partial charge in [-0.05, 0) is 52.3 Å². The fourth-order valence-electron chi connectivity index (χ4n) is 1.78. The summed E-state index contributed by atoms with van der Waals surface area (Å²) in [5, 5.41) is 3.15. The number of carbonyl (C=O) groups excluding carboxylic acids is 1. The van der Waals surface area contributed by atoms with Crippen molar-refractivity contribution in [2.45, 2.75) is 51.8 Å². The number of nitrogens with one attached hydrogen (secondary N) is 1. The average molecular weight is 259 g/mol. The molecule has 1 fully saturated rings. The molecule has 0 aromatic carbocycles. The molecule has 98 valence electrons. The van der Waals surface area contributed by atoms with Crippen LogP contribution >= 0.6 is 12.2 Å². The fraction of sp³-hybridized carbons (Fsp3) is 0.818. The predicted octanol–water partition coefficient (Wildman–Crippen LogP) is 1.57. The first-order valence-electron chi connectivity index (χ1n) is 5.85. The molecule has 1 saturated heterocycles. The maximum Gasteiger partial charge on any atom is 0.411 e. The fourth-order valence-corrected chi connectivity index (χ4v) is 1.92. The standard InChI is InChI=1S/C11H21N3O2S/c1-11(2,3)16-10(15)14-7-5-4-6-8(14)13-9(12)17/h8H,4-7H2,1-3H3,(H3,12,13,17). The smallest absolute Gasteiger partial charge is 0.411 e. The number of piperidine rings is 1. The quantitative estimate of drug-likeness (QED) is 0.700. The Morgan fingerprint density at radius 2 is 2.12 bits per heavy atom. The minimum Gasteiger partial charge on any atom is -0.444 e. The molecule has 5 nitrogen and oxygen atoms in total. The van der Waals surface area contributed by atoms with Crippen molar-refractivity contribution < 1.29 is 9.53 Å². The number of thiocarbonyl (C=S) groups is 1. The molecule has 0 spiro atoms. The molecule has 0 aliphatic carbocycles. The molecule has 0 aromatic heterocycles. The van der Waals surface area contributed by atoms with Crippen LogP contribution in [0.15, 0.2) is 0 Å². The monoisotopic (exact) mass is 259 g/mol. The topological polar surface area (TPSA) is 67.6 Å². The van der Waals surface area contributed by atoms with Crippen LogP contribution in [0.1, 0.15) is 40.0 Å². The van der Waals surface area contributed by atoms with Gasteiger partial charge >= 0.3 is 6.09 Å². The number of ether oxygens (including phenoxy) is 1. The lowest BCUT2D eigenvalue weighted by molar-refractivity contribution is 0.00813. The molecule has 0 radical (unpaired) electrons. The maximum absolute atomic E-state index is 12.0. The van der Waals surface area contributed by atoms with Gasteiger partial charge in [0.1, 0.15) is 11.8 Å². The highest BCUT2D eigenvalue weighted by atomic mass is 32.1. The zero-order valence-corrected chi connectivity index (χ0v) is 11.5. The van der Waals surface area contributed by atoms with Gasteiger partial charge in [0.15, 0.2) is 5.11 Å². The lowest BCUT2D eigenvalue weighted by Gasteiger charge is -2.37. The summed E-state index contributed by atoms with van der Waals surface area (Å²) in [6, 6.07) is 0. The third-order valence-electron chi connectivity index (χ3n) is 2.44. The van der Waals surface area contributed by atoms with Crippen molar-refractivity contribution in [2.24, 2.45) is 5.73 Å². The molecule has 0 bridgehead atoms. The molecule has 0 aromatic rings. The maximum atomic E-state index is 12.0. The number of likely N-dealkylation sites (tertiary alicyclic amines) is 1. The van der Waals surface area contributed by atoms with Crippen molar-refractivity contribution in [1.82, 2.24) is 10.2 Å². The van der Waals surface area contributed by atoms with Crippen LogP contribution in [-0.4, -0.2) is 34.4 Å².